The number of carbonyl (C=O) groups is 1. The Morgan fingerprint density at radius 1 is 1.16 bits per heavy atom. The number of halogens is 1. The minimum atomic E-state index is -3.95. The van der Waals surface area contributed by atoms with Gasteiger partial charge in [-0.3, -0.25) is 9.69 Å². The molecule has 2 aliphatic rings. The van der Waals surface area contributed by atoms with Gasteiger partial charge in [-0.05, 0) is 54.6 Å². The molecule has 3 heterocycles. The summed E-state index contributed by atoms with van der Waals surface area (Å²) in [4.78, 5) is 16.9. The molecule has 0 spiro atoms. The zero-order valence-electron chi connectivity index (χ0n) is 18.0. The maximum atomic E-state index is 12.9. The molecule has 6 nitrogen and oxygen atoms in total. The summed E-state index contributed by atoms with van der Waals surface area (Å²) < 4.78 is 29.7. The standard InChI is InChI=1S/C22H22ClN3O3S3/c1-5-26-20(27)16(30-21(26)24-32(28,29)19-13-12-18(23)31-19)10-11-17-22(2,3)14-8-6-7-9-15(14)25(17)4/h6-13H,5H2,1-4H3/b16-10+,17-11-,24-21?. The molecule has 1 aromatic heterocycles. The number of nitrogens with zero attached hydrogens (tertiary/aromatic N) is 3. The van der Waals surface area contributed by atoms with Gasteiger partial charge in [-0.1, -0.05) is 43.6 Å². The van der Waals surface area contributed by atoms with Gasteiger partial charge < -0.3 is 4.90 Å². The van der Waals surface area contributed by atoms with Crippen molar-refractivity contribution < 1.29 is 13.2 Å². The normalized spacial score (nSPS) is 21.9. The van der Waals surface area contributed by atoms with Crippen molar-refractivity contribution in [1.29, 1.82) is 0 Å². The fourth-order valence-corrected chi connectivity index (χ4v) is 7.56. The summed E-state index contributed by atoms with van der Waals surface area (Å²) >= 11 is 7.88. The molecular weight excluding hydrogens is 486 g/mol. The van der Waals surface area contributed by atoms with Gasteiger partial charge in [0.25, 0.3) is 15.9 Å². The molecule has 2 aliphatic heterocycles. The number of hydrogen-bond acceptors (Lipinski definition) is 6. The Bertz CT molecular complexity index is 1290. The minimum Gasteiger partial charge on any atom is -0.347 e. The number of allylic oxidation sites excluding steroid dienone is 3. The van der Waals surface area contributed by atoms with Crippen molar-refractivity contribution in [3.63, 3.8) is 0 Å². The highest BCUT2D eigenvalue weighted by Gasteiger charge is 2.38. The van der Waals surface area contributed by atoms with Crippen LogP contribution in [0.1, 0.15) is 26.3 Å². The number of carbonyl (C=O) groups excluding carboxylic acids is 1. The number of thiophene rings is 1. The fraction of sp³-hybridized carbons (Fsp3) is 0.273. The number of likely N-dealkylation sites (N-methyl/N-ethyl adjacent to an activating group) is 2. The van der Waals surface area contributed by atoms with E-state index in [-0.39, 0.29) is 20.7 Å². The number of fused-ring (bicyclic) bond motifs is 1. The number of benzene rings is 1. The first-order chi connectivity index (χ1) is 15.1. The Morgan fingerprint density at radius 2 is 1.88 bits per heavy atom. The van der Waals surface area contributed by atoms with E-state index in [1.165, 1.54) is 22.6 Å². The lowest BCUT2D eigenvalue weighted by Crippen LogP contribution is -2.29. The highest BCUT2D eigenvalue weighted by atomic mass is 35.5. The molecule has 32 heavy (non-hydrogen) atoms. The number of rotatable bonds is 4. The lowest BCUT2D eigenvalue weighted by atomic mass is 9.84. The fourth-order valence-electron chi connectivity index (χ4n) is 3.91. The van der Waals surface area contributed by atoms with Crippen molar-refractivity contribution >= 4 is 61.5 Å². The largest absolute Gasteiger partial charge is 0.347 e. The molecule has 2 aromatic rings. The lowest BCUT2D eigenvalue weighted by Gasteiger charge is -2.23. The molecule has 4 rings (SSSR count). The van der Waals surface area contributed by atoms with E-state index in [2.05, 4.69) is 35.3 Å². The summed E-state index contributed by atoms with van der Waals surface area (Å²) in [6.07, 6.45) is 3.69. The van der Waals surface area contributed by atoms with Crippen LogP contribution >= 0.6 is 34.7 Å². The second-order valence-electron chi connectivity index (χ2n) is 7.84. The summed E-state index contributed by atoms with van der Waals surface area (Å²) in [6.45, 7) is 6.39. The van der Waals surface area contributed by atoms with Crippen molar-refractivity contribution in [1.82, 2.24) is 4.90 Å². The Labute approximate surface area is 201 Å². The third-order valence-electron chi connectivity index (χ3n) is 5.54. The Hall–Kier alpha value is -2.07. The van der Waals surface area contributed by atoms with Crippen molar-refractivity contribution in [3.8, 4) is 0 Å². The number of thioether (sulfide) groups is 1. The first-order valence-corrected chi connectivity index (χ1v) is 13.4. The van der Waals surface area contributed by atoms with E-state index in [1.807, 2.05) is 25.3 Å². The third kappa shape index (κ3) is 3.91. The Morgan fingerprint density at radius 3 is 2.50 bits per heavy atom. The number of amidine groups is 1. The van der Waals surface area contributed by atoms with Crippen LogP contribution in [0, 0.1) is 0 Å². The van der Waals surface area contributed by atoms with Gasteiger partial charge in [-0.15, -0.1) is 15.7 Å². The molecule has 168 valence electrons. The van der Waals surface area contributed by atoms with Crippen LogP contribution in [0.5, 0.6) is 0 Å². The molecule has 1 amide bonds. The molecular formula is C22H22ClN3O3S3. The van der Waals surface area contributed by atoms with Gasteiger partial charge in [0.05, 0.1) is 9.24 Å². The Balaban J connectivity index is 1.68. The molecule has 0 saturated carbocycles. The van der Waals surface area contributed by atoms with Crippen LogP contribution < -0.4 is 4.90 Å². The predicted octanol–water partition coefficient (Wildman–Crippen LogP) is 5.24. The number of hydrogen-bond donors (Lipinski definition) is 0. The highest BCUT2D eigenvalue weighted by Crippen LogP contribution is 2.47. The van der Waals surface area contributed by atoms with Crippen LogP contribution in [-0.4, -0.2) is 38.0 Å². The first kappa shape index (κ1) is 23.1. The average Bonchev–Trinajstić information content (AvgIpc) is 3.36. The molecule has 0 radical (unpaired) electrons. The monoisotopic (exact) mass is 507 g/mol. The van der Waals surface area contributed by atoms with E-state index in [0.717, 1.165) is 34.5 Å². The van der Waals surface area contributed by atoms with Gasteiger partial charge in [-0.2, -0.15) is 8.42 Å². The number of amides is 1. The van der Waals surface area contributed by atoms with Crippen LogP contribution in [-0.2, 0) is 20.2 Å². The lowest BCUT2D eigenvalue weighted by molar-refractivity contribution is -0.122. The summed E-state index contributed by atoms with van der Waals surface area (Å²) in [5, 5.41) is 0.147. The summed E-state index contributed by atoms with van der Waals surface area (Å²) in [5.41, 5.74) is 3.17. The van der Waals surface area contributed by atoms with Crippen LogP contribution in [0.3, 0.4) is 0 Å². The molecule has 0 N–H and O–H groups in total. The molecule has 1 aromatic carbocycles. The van der Waals surface area contributed by atoms with Crippen molar-refractivity contribution in [2.24, 2.45) is 4.40 Å². The average molecular weight is 508 g/mol. The molecule has 0 bridgehead atoms. The SMILES string of the molecule is CCN1C(=O)/C(=C\C=C2/N(C)c3ccccc3C2(C)C)SC1=NS(=O)(=O)c1ccc(Cl)s1. The predicted molar refractivity (Wildman–Crippen MR) is 133 cm³/mol. The molecule has 0 unspecified atom stereocenters. The quantitative estimate of drug-likeness (QED) is 0.529. The zero-order chi connectivity index (χ0) is 23.3. The van der Waals surface area contributed by atoms with Gasteiger partial charge >= 0.3 is 0 Å². The van der Waals surface area contributed by atoms with Crippen LogP contribution in [0.25, 0.3) is 0 Å². The maximum Gasteiger partial charge on any atom is 0.294 e. The number of sulfonamides is 1. The van der Waals surface area contributed by atoms with Crippen LogP contribution in [0.2, 0.25) is 4.34 Å². The highest BCUT2D eigenvalue weighted by molar-refractivity contribution is 8.19. The summed E-state index contributed by atoms with van der Waals surface area (Å²) in [5.74, 6) is -0.261. The van der Waals surface area contributed by atoms with Crippen LogP contribution in [0.4, 0.5) is 5.69 Å². The van der Waals surface area contributed by atoms with Crippen molar-refractivity contribution in [2.45, 2.75) is 30.4 Å². The van der Waals surface area contributed by atoms with Gasteiger partial charge in [0.1, 0.15) is 4.21 Å². The van der Waals surface area contributed by atoms with E-state index in [9.17, 15) is 13.2 Å². The second-order valence-corrected chi connectivity index (χ2v) is 12.4. The molecule has 0 atom stereocenters. The molecule has 1 fully saturated rings. The number of para-hydroxylation sites is 1. The first-order valence-electron chi connectivity index (χ1n) is 9.92. The Kier molecular flexibility index (Phi) is 6.04. The molecule has 0 aliphatic carbocycles. The van der Waals surface area contributed by atoms with E-state index < -0.39 is 10.0 Å². The molecule has 10 heteroatoms. The van der Waals surface area contributed by atoms with Crippen molar-refractivity contribution in [3.05, 3.63) is 69.1 Å². The molecule has 1 saturated heterocycles. The topological polar surface area (TPSA) is 70.1 Å². The summed E-state index contributed by atoms with van der Waals surface area (Å²) in [6, 6.07) is 11.1. The minimum absolute atomic E-state index is 0.0470. The maximum absolute atomic E-state index is 12.9. The van der Waals surface area contributed by atoms with E-state index in [1.54, 1.807) is 13.0 Å². The van der Waals surface area contributed by atoms with E-state index >= 15 is 0 Å². The number of anilines is 1. The summed E-state index contributed by atoms with van der Waals surface area (Å²) in [7, 11) is -1.95. The van der Waals surface area contributed by atoms with Gasteiger partial charge in [0.15, 0.2) is 5.17 Å². The van der Waals surface area contributed by atoms with Gasteiger partial charge in [0, 0.05) is 30.4 Å². The van der Waals surface area contributed by atoms with Crippen LogP contribution in [0.15, 0.2) is 67.8 Å². The third-order valence-corrected chi connectivity index (χ3v) is 9.64. The van der Waals surface area contributed by atoms with Crippen molar-refractivity contribution in [2.75, 3.05) is 18.5 Å². The smallest absolute Gasteiger partial charge is 0.294 e. The van der Waals surface area contributed by atoms with Gasteiger partial charge in [-0.25, -0.2) is 0 Å². The van der Waals surface area contributed by atoms with E-state index in [0.29, 0.717) is 15.8 Å². The second kappa shape index (κ2) is 8.37. The van der Waals surface area contributed by atoms with E-state index in [4.69, 9.17) is 11.6 Å². The zero-order valence-corrected chi connectivity index (χ0v) is 21.2. The van der Waals surface area contributed by atoms with Gasteiger partial charge in [0.2, 0.25) is 0 Å².